The van der Waals surface area contributed by atoms with Crippen molar-refractivity contribution in [3.8, 4) is 0 Å². The lowest BCUT2D eigenvalue weighted by atomic mass is 10.1. The minimum absolute atomic E-state index is 0.210. The fourth-order valence-electron chi connectivity index (χ4n) is 3.64. The molecule has 0 saturated carbocycles. The summed E-state index contributed by atoms with van der Waals surface area (Å²) >= 11 is 0. The lowest BCUT2D eigenvalue weighted by molar-refractivity contribution is 0.0130. The van der Waals surface area contributed by atoms with Gasteiger partial charge in [0, 0.05) is 18.8 Å². The fraction of sp³-hybridized carbons (Fsp3) is 0.588. The Balaban J connectivity index is 1.61. The summed E-state index contributed by atoms with van der Waals surface area (Å²) in [6.45, 7) is 9.00. The van der Waals surface area contributed by atoms with Crippen LogP contribution in [0.15, 0.2) is 12.4 Å². The molecule has 4 heterocycles. The summed E-state index contributed by atoms with van der Waals surface area (Å²) in [5.41, 5.74) is 2.86. The number of fused-ring (bicyclic) bond motifs is 1. The number of nitrogens with zero attached hydrogens (tertiary/aromatic N) is 4. The second-order valence-electron chi connectivity index (χ2n) is 6.51. The van der Waals surface area contributed by atoms with E-state index in [4.69, 9.17) is 9.47 Å². The van der Waals surface area contributed by atoms with E-state index in [-0.39, 0.29) is 6.04 Å². The van der Waals surface area contributed by atoms with Gasteiger partial charge < -0.3 is 14.8 Å². The van der Waals surface area contributed by atoms with Gasteiger partial charge in [0.1, 0.15) is 12.1 Å². The molecule has 0 bridgehead atoms. The Morgan fingerprint density at radius 2 is 1.96 bits per heavy atom. The lowest BCUT2D eigenvalue weighted by Crippen LogP contribution is -2.50. The summed E-state index contributed by atoms with van der Waals surface area (Å²) in [5.74, 6) is 0.846. The first-order valence-electron chi connectivity index (χ1n) is 8.47. The predicted molar refractivity (Wildman–Crippen MR) is 91.2 cm³/mol. The van der Waals surface area contributed by atoms with Crippen LogP contribution in [0.3, 0.4) is 0 Å². The first kappa shape index (κ1) is 15.7. The van der Waals surface area contributed by atoms with Crippen LogP contribution in [0.2, 0.25) is 0 Å². The minimum atomic E-state index is 0.210. The van der Waals surface area contributed by atoms with Crippen LogP contribution in [0.4, 0.5) is 5.82 Å². The van der Waals surface area contributed by atoms with E-state index in [1.54, 1.807) is 6.33 Å². The van der Waals surface area contributed by atoms with Gasteiger partial charge in [-0.1, -0.05) is 0 Å². The van der Waals surface area contributed by atoms with Crippen molar-refractivity contribution < 1.29 is 9.47 Å². The highest BCUT2D eigenvalue weighted by molar-refractivity contribution is 5.89. The van der Waals surface area contributed by atoms with E-state index in [1.165, 1.54) is 0 Å². The Morgan fingerprint density at radius 3 is 2.79 bits per heavy atom. The van der Waals surface area contributed by atoms with Gasteiger partial charge in [0.25, 0.3) is 0 Å². The van der Waals surface area contributed by atoms with Gasteiger partial charge in [-0.2, -0.15) is 0 Å². The van der Waals surface area contributed by atoms with E-state index in [9.17, 15) is 0 Å². The van der Waals surface area contributed by atoms with E-state index in [1.807, 2.05) is 6.92 Å². The number of anilines is 1. The standard InChI is InChI=1S/C17H23N5O2/c1-11-7-12(2)20-16-15(11)17(19-10-18-16)21-13-8-24-9-14(13)22-3-5-23-6-4-22/h7,10,13-14H,3-6,8-9H2,1-2H3,(H,18,19,20,21)/t13-,14-/m1/s1. The molecule has 2 aromatic rings. The summed E-state index contributed by atoms with van der Waals surface area (Å²) in [7, 11) is 0. The molecule has 0 aromatic carbocycles. The van der Waals surface area contributed by atoms with Gasteiger partial charge in [0.05, 0.1) is 43.9 Å². The smallest absolute Gasteiger partial charge is 0.165 e. The van der Waals surface area contributed by atoms with Crippen LogP contribution in [-0.2, 0) is 9.47 Å². The maximum absolute atomic E-state index is 5.75. The van der Waals surface area contributed by atoms with Crippen molar-refractivity contribution in [2.45, 2.75) is 25.9 Å². The van der Waals surface area contributed by atoms with E-state index < -0.39 is 0 Å². The molecule has 0 unspecified atom stereocenters. The van der Waals surface area contributed by atoms with Crippen molar-refractivity contribution in [2.75, 3.05) is 44.8 Å². The fourth-order valence-corrected chi connectivity index (χ4v) is 3.64. The molecule has 2 atom stereocenters. The van der Waals surface area contributed by atoms with Gasteiger partial charge in [-0.25, -0.2) is 15.0 Å². The molecular formula is C17H23N5O2. The summed E-state index contributed by atoms with van der Waals surface area (Å²) < 4.78 is 11.2. The first-order chi connectivity index (χ1) is 11.7. The molecule has 2 fully saturated rings. The zero-order valence-electron chi connectivity index (χ0n) is 14.2. The van der Waals surface area contributed by atoms with Crippen LogP contribution < -0.4 is 5.32 Å². The number of aromatic nitrogens is 3. The Bertz CT molecular complexity index is 732. The van der Waals surface area contributed by atoms with Crippen LogP contribution in [-0.4, -0.2) is 71.5 Å². The molecule has 2 saturated heterocycles. The number of ether oxygens (including phenoxy) is 2. The molecule has 2 aromatic heterocycles. The molecule has 4 rings (SSSR count). The van der Waals surface area contributed by atoms with Crippen LogP contribution in [0, 0.1) is 13.8 Å². The molecule has 24 heavy (non-hydrogen) atoms. The van der Waals surface area contributed by atoms with E-state index >= 15 is 0 Å². The summed E-state index contributed by atoms with van der Waals surface area (Å²) in [4.78, 5) is 15.8. The maximum Gasteiger partial charge on any atom is 0.165 e. The number of rotatable bonds is 3. The van der Waals surface area contributed by atoms with Crippen LogP contribution in [0.1, 0.15) is 11.3 Å². The third kappa shape index (κ3) is 2.94. The molecule has 0 amide bonds. The Labute approximate surface area is 141 Å². The summed E-state index contributed by atoms with van der Waals surface area (Å²) in [6.07, 6.45) is 1.58. The van der Waals surface area contributed by atoms with Crippen molar-refractivity contribution in [3.05, 3.63) is 23.7 Å². The van der Waals surface area contributed by atoms with Crippen LogP contribution >= 0.6 is 0 Å². The summed E-state index contributed by atoms with van der Waals surface area (Å²) in [5, 5.41) is 4.59. The molecule has 2 aliphatic heterocycles. The average molecular weight is 329 g/mol. The Hall–Kier alpha value is -1.83. The van der Waals surface area contributed by atoms with Crippen molar-refractivity contribution in [2.24, 2.45) is 0 Å². The minimum Gasteiger partial charge on any atom is -0.379 e. The predicted octanol–water partition coefficient (Wildman–Crippen LogP) is 1.15. The normalized spacial score (nSPS) is 25.2. The van der Waals surface area contributed by atoms with Crippen LogP contribution in [0.5, 0.6) is 0 Å². The molecule has 2 aliphatic rings. The highest BCUT2D eigenvalue weighted by Crippen LogP contribution is 2.25. The van der Waals surface area contributed by atoms with Gasteiger partial charge in [0.15, 0.2) is 5.65 Å². The van der Waals surface area contributed by atoms with E-state index in [0.717, 1.165) is 61.0 Å². The van der Waals surface area contributed by atoms with Crippen molar-refractivity contribution in [1.82, 2.24) is 19.9 Å². The third-order valence-electron chi connectivity index (χ3n) is 4.82. The Kier molecular flexibility index (Phi) is 4.30. The maximum atomic E-state index is 5.75. The highest BCUT2D eigenvalue weighted by Gasteiger charge is 2.34. The van der Waals surface area contributed by atoms with Gasteiger partial charge in [-0.3, -0.25) is 4.90 Å². The molecule has 7 heteroatoms. The molecule has 1 N–H and O–H groups in total. The SMILES string of the molecule is Cc1cc(C)c2c(N[C@@H]3COC[C@H]3N3CCOCC3)ncnc2n1. The number of pyridine rings is 1. The van der Waals surface area contributed by atoms with Crippen molar-refractivity contribution in [3.63, 3.8) is 0 Å². The lowest BCUT2D eigenvalue weighted by Gasteiger charge is -2.34. The zero-order chi connectivity index (χ0) is 16.5. The second-order valence-corrected chi connectivity index (χ2v) is 6.51. The quantitative estimate of drug-likeness (QED) is 0.905. The van der Waals surface area contributed by atoms with Crippen LogP contribution in [0.25, 0.3) is 11.0 Å². The molecule has 0 spiro atoms. The number of morpholine rings is 1. The Morgan fingerprint density at radius 1 is 1.12 bits per heavy atom. The van der Waals surface area contributed by atoms with Gasteiger partial charge in [-0.15, -0.1) is 0 Å². The van der Waals surface area contributed by atoms with Gasteiger partial charge >= 0.3 is 0 Å². The largest absolute Gasteiger partial charge is 0.379 e. The van der Waals surface area contributed by atoms with Gasteiger partial charge in [0.2, 0.25) is 0 Å². The third-order valence-corrected chi connectivity index (χ3v) is 4.82. The highest BCUT2D eigenvalue weighted by atomic mass is 16.5. The number of hydrogen-bond acceptors (Lipinski definition) is 7. The number of hydrogen-bond donors (Lipinski definition) is 1. The number of nitrogens with one attached hydrogen (secondary N) is 1. The molecule has 7 nitrogen and oxygen atoms in total. The topological polar surface area (TPSA) is 72.4 Å². The monoisotopic (exact) mass is 329 g/mol. The summed E-state index contributed by atoms with van der Waals surface area (Å²) in [6, 6.07) is 2.63. The number of aryl methyl sites for hydroxylation is 2. The van der Waals surface area contributed by atoms with E-state index in [2.05, 4.69) is 38.2 Å². The van der Waals surface area contributed by atoms with Crippen molar-refractivity contribution in [1.29, 1.82) is 0 Å². The molecule has 0 radical (unpaired) electrons. The molecular weight excluding hydrogens is 306 g/mol. The molecule has 0 aliphatic carbocycles. The average Bonchev–Trinajstić information content (AvgIpc) is 3.03. The second kappa shape index (κ2) is 6.58. The zero-order valence-corrected chi connectivity index (χ0v) is 14.2. The van der Waals surface area contributed by atoms with Crippen molar-refractivity contribution >= 4 is 16.9 Å². The first-order valence-corrected chi connectivity index (χ1v) is 8.47. The van der Waals surface area contributed by atoms with E-state index in [0.29, 0.717) is 12.6 Å². The molecule has 128 valence electrons. The van der Waals surface area contributed by atoms with Gasteiger partial charge in [-0.05, 0) is 25.5 Å².